The molecule has 170 valence electrons. The number of thioether (sulfide) groups is 1. The van der Waals surface area contributed by atoms with Gasteiger partial charge in [-0.3, -0.25) is 15.3 Å². The number of hydroxylamine groups is 2. The molecule has 12 heteroatoms. The second-order valence-electron chi connectivity index (χ2n) is 7.80. The Hall–Kier alpha value is -3.48. The molecule has 3 aromatic rings. The standard InChI is InChI=1S/C21H20N6O4S2/c1-21(2)18(26(29)19(28)24-14-7-9-15(10-8-14)27(30)31)25(20(32)33-21)23-12-13-11-22-17-6-4-3-5-16(13)17/h3-12,18,22,29H,1-2H3,(H,24,28)/b23-12-/t18-/m1/s1. The fourth-order valence-electron chi connectivity index (χ4n) is 3.51. The Morgan fingerprint density at radius 1 is 1.33 bits per heavy atom. The zero-order valence-electron chi connectivity index (χ0n) is 17.6. The minimum atomic E-state index is -0.894. The summed E-state index contributed by atoms with van der Waals surface area (Å²) in [5, 5.41) is 31.6. The van der Waals surface area contributed by atoms with Crippen molar-refractivity contribution in [2.75, 3.05) is 5.32 Å². The molecule has 0 aliphatic carbocycles. The first kappa shape index (κ1) is 22.7. The summed E-state index contributed by atoms with van der Waals surface area (Å²) in [6, 6.07) is 12.2. The molecule has 1 aliphatic rings. The van der Waals surface area contributed by atoms with Crippen LogP contribution in [0.15, 0.2) is 59.8 Å². The number of hydrogen-bond acceptors (Lipinski definition) is 7. The predicted octanol–water partition coefficient (Wildman–Crippen LogP) is 4.77. The maximum atomic E-state index is 12.8. The normalized spacial score (nSPS) is 17.6. The van der Waals surface area contributed by atoms with Gasteiger partial charge in [-0.15, -0.1) is 0 Å². The van der Waals surface area contributed by atoms with E-state index >= 15 is 0 Å². The van der Waals surface area contributed by atoms with Gasteiger partial charge in [0.05, 0.1) is 15.9 Å². The molecule has 0 unspecified atom stereocenters. The number of aromatic nitrogens is 1. The summed E-state index contributed by atoms with van der Waals surface area (Å²) in [7, 11) is 0. The second kappa shape index (κ2) is 8.81. The summed E-state index contributed by atoms with van der Waals surface area (Å²) in [4.78, 5) is 26.2. The first-order chi connectivity index (χ1) is 15.7. The molecule has 0 spiro atoms. The molecule has 10 nitrogen and oxygen atoms in total. The summed E-state index contributed by atoms with van der Waals surface area (Å²) < 4.78 is -0.265. The van der Waals surface area contributed by atoms with E-state index in [0.29, 0.717) is 15.1 Å². The minimum absolute atomic E-state index is 0.106. The number of aromatic amines is 1. The number of carbonyl (C=O) groups is 1. The Morgan fingerprint density at radius 2 is 2.03 bits per heavy atom. The van der Waals surface area contributed by atoms with E-state index in [2.05, 4.69) is 15.4 Å². The minimum Gasteiger partial charge on any atom is -0.361 e. The third-order valence-electron chi connectivity index (χ3n) is 5.10. The molecule has 1 aromatic heterocycles. The Kier molecular flexibility index (Phi) is 6.06. The van der Waals surface area contributed by atoms with Gasteiger partial charge in [0.1, 0.15) is 0 Å². The fourth-order valence-corrected chi connectivity index (χ4v) is 5.30. The highest BCUT2D eigenvalue weighted by Crippen LogP contribution is 2.42. The van der Waals surface area contributed by atoms with Crippen molar-refractivity contribution in [3.8, 4) is 0 Å². The largest absolute Gasteiger partial charge is 0.361 e. The lowest BCUT2D eigenvalue weighted by Crippen LogP contribution is -2.54. The van der Waals surface area contributed by atoms with E-state index in [1.807, 2.05) is 44.3 Å². The van der Waals surface area contributed by atoms with Crippen LogP contribution in [0.3, 0.4) is 0 Å². The summed E-state index contributed by atoms with van der Waals surface area (Å²) in [5.41, 5.74) is 1.98. The van der Waals surface area contributed by atoms with E-state index in [1.54, 1.807) is 6.21 Å². The topological polar surface area (TPSA) is 127 Å². The fraction of sp³-hybridized carbons (Fsp3) is 0.190. The number of fused-ring (bicyclic) bond motifs is 1. The highest BCUT2D eigenvalue weighted by molar-refractivity contribution is 8.24. The maximum Gasteiger partial charge on any atom is 0.347 e. The monoisotopic (exact) mass is 484 g/mol. The third kappa shape index (κ3) is 4.53. The number of para-hydroxylation sites is 1. The van der Waals surface area contributed by atoms with Gasteiger partial charge in [0.25, 0.3) is 5.69 Å². The van der Waals surface area contributed by atoms with Crippen LogP contribution in [-0.2, 0) is 0 Å². The molecule has 0 radical (unpaired) electrons. The van der Waals surface area contributed by atoms with Gasteiger partial charge >= 0.3 is 6.03 Å². The number of carbonyl (C=O) groups excluding carboxylic acids is 1. The van der Waals surface area contributed by atoms with Gasteiger partial charge in [-0.2, -0.15) is 10.2 Å². The van der Waals surface area contributed by atoms with Gasteiger partial charge in [-0.25, -0.2) is 9.80 Å². The lowest BCUT2D eigenvalue weighted by molar-refractivity contribution is -0.384. The highest BCUT2D eigenvalue weighted by atomic mass is 32.2. The number of nitro groups is 1. The second-order valence-corrected chi connectivity index (χ2v) is 10.1. The number of nitrogens with one attached hydrogen (secondary N) is 2. The number of nitrogens with zero attached hydrogens (tertiary/aromatic N) is 4. The summed E-state index contributed by atoms with van der Waals surface area (Å²) in [6.07, 6.45) is 2.55. The SMILES string of the molecule is CC1(C)SC(=S)N(/N=C\c2c[nH]c3ccccc23)[C@@H]1N(O)C(=O)Nc1ccc([N+](=O)[O-])cc1. The van der Waals surface area contributed by atoms with Crippen LogP contribution in [0.4, 0.5) is 16.2 Å². The van der Waals surface area contributed by atoms with Gasteiger partial charge in [0.15, 0.2) is 10.5 Å². The van der Waals surface area contributed by atoms with Crippen molar-refractivity contribution < 1.29 is 14.9 Å². The first-order valence-corrected chi connectivity index (χ1v) is 11.1. The van der Waals surface area contributed by atoms with E-state index in [4.69, 9.17) is 12.2 Å². The average Bonchev–Trinajstić information content (AvgIpc) is 3.28. The van der Waals surface area contributed by atoms with Crippen LogP contribution in [0.1, 0.15) is 19.4 Å². The van der Waals surface area contributed by atoms with Crippen LogP contribution in [0.5, 0.6) is 0 Å². The van der Waals surface area contributed by atoms with Crippen LogP contribution in [0, 0.1) is 10.1 Å². The number of anilines is 1. The van der Waals surface area contributed by atoms with E-state index in [1.165, 1.54) is 41.0 Å². The van der Waals surface area contributed by atoms with Crippen molar-refractivity contribution in [1.29, 1.82) is 0 Å². The molecule has 1 saturated heterocycles. The molecule has 1 fully saturated rings. The number of hydrazone groups is 1. The van der Waals surface area contributed by atoms with Crippen molar-refractivity contribution in [3.05, 3.63) is 70.4 Å². The first-order valence-electron chi connectivity index (χ1n) is 9.83. The van der Waals surface area contributed by atoms with Crippen LogP contribution in [-0.4, -0.2) is 52.7 Å². The number of nitro benzene ring substituents is 1. The summed E-state index contributed by atoms with van der Waals surface area (Å²) in [5.74, 6) is 0. The lowest BCUT2D eigenvalue weighted by atomic mass is 10.1. The predicted molar refractivity (Wildman–Crippen MR) is 132 cm³/mol. The number of rotatable bonds is 5. The Balaban J connectivity index is 1.55. The van der Waals surface area contributed by atoms with E-state index in [9.17, 15) is 20.1 Å². The molecule has 2 heterocycles. The number of benzene rings is 2. The molecule has 4 rings (SSSR count). The zero-order valence-corrected chi connectivity index (χ0v) is 19.3. The van der Waals surface area contributed by atoms with Crippen molar-refractivity contribution >= 4 is 62.8 Å². The number of amides is 2. The summed E-state index contributed by atoms with van der Waals surface area (Å²) >= 11 is 6.78. The third-order valence-corrected chi connectivity index (χ3v) is 6.64. The molecule has 1 aliphatic heterocycles. The van der Waals surface area contributed by atoms with Crippen LogP contribution >= 0.6 is 24.0 Å². The number of non-ortho nitro benzene ring substituents is 1. The Bertz CT molecular complexity index is 1260. The number of urea groups is 1. The molecule has 33 heavy (non-hydrogen) atoms. The average molecular weight is 485 g/mol. The number of hydrogen-bond donors (Lipinski definition) is 3. The molecular weight excluding hydrogens is 464 g/mol. The van der Waals surface area contributed by atoms with Crippen molar-refractivity contribution in [2.45, 2.75) is 24.8 Å². The van der Waals surface area contributed by atoms with Crippen LogP contribution in [0.2, 0.25) is 0 Å². The summed E-state index contributed by atoms with van der Waals surface area (Å²) in [6.45, 7) is 3.69. The van der Waals surface area contributed by atoms with E-state index in [0.717, 1.165) is 16.5 Å². The quantitative estimate of drug-likeness (QED) is 0.156. The van der Waals surface area contributed by atoms with Gasteiger partial charge < -0.3 is 10.3 Å². The van der Waals surface area contributed by atoms with E-state index in [-0.39, 0.29) is 5.69 Å². The molecule has 3 N–H and O–H groups in total. The van der Waals surface area contributed by atoms with Crippen molar-refractivity contribution in [1.82, 2.24) is 15.1 Å². The van der Waals surface area contributed by atoms with Gasteiger partial charge in [0.2, 0.25) is 0 Å². The zero-order chi connectivity index (χ0) is 23.8. The van der Waals surface area contributed by atoms with Gasteiger partial charge in [-0.05, 0) is 32.0 Å². The van der Waals surface area contributed by atoms with Crippen molar-refractivity contribution in [2.24, 2.45) is 5.10 Å². The maximum absolute atomic E-state index is 12.8. The molecule has 0 saturated carbocycles. The smallest absolute Gasteiger partial charge is 0.347 e. The Labute approximate surface area is 198 Å². The highest BCUT2D eigenvalue weighted by Gasteiger charge is 2.50. The molecule has 2 aromatic carbocycles. The molecular formula is C21H20N6O4S2. The van der Waals surface area contributed by atoms with Gasteiger partial charge in [-0.1, -0.05) is 42.2 Å². The van der Waals surface area contributed by atoms with Crippen LogP contribution < -0.4 is 5.32 Å². The van der Waals surface area contributed by atoms with Crippen molar-refractivity contribution in [3.63, 3.8) is 0 Å². The van der Waals surface area contributed by atoms with Gasteiger partial charge in [0, 0.05) is 40.5 Å². The number of H-pyrrole nitrogens is 1. The lowest BCUT2D eigenvalue weighted by Gasteiger charge is -2.34. The Morgan fingerprint density at radius 3 is 2.73 bits per heavy atom. The van der Waals surface area contributed by atoms with Crippen LogP contribution in [0.25, 0.3) is 10.9 Å². The molecule has 0 bridgehead atoms. The van der Waals surface area contributed by atoms with E-state index < -0.39 is 21.9 Å². The molecule has 1 atom stereocenters. The molecule has 2 amide bonds. The number of thiocarbonyl (C=S) groups is 1.